The first-order valence-electron chi connectivity index (χ1n) is 4.96. The Morgan fingerprint density at radius 3 is 2.59 bits per heavy atom. The highest BCUT2D eigenvalue weighted by molar-refractivity contribution is 6.34. The maximum atomic E-state index is 12.8. The van der Waals surface area contributed by atoms with Gasteiger partial charge in [0, 0.05) is 20.0 Å². The van der Waals surface area contributed by atoms with Crippen LogP contribution in [0.5, 0.6) is 0 Å². The maximum absolute atomic E-state index is 12.8. The fourth-order valence-electron chi connectivity index (χ4n) is 1.96. The number of ketones is 1. The predicted octanol–water partition coefficient (Wildman–Crippen LogP) is 3.38. The minimum Gasteiger partial charge on any atom is -0.372 e. The lowest BCUT2D eigenvalue weighted by Gasteiger charge is -2.29. The molecule has 0 unspecified atom stereocenters. The van der Waals surface area contributed by atoms with E-state index >= 15 is 0 Å². The van der Waals surface area contributed by atoms with Crippen molar-refractivity contribution in [2.45, 2.75) is 12.6 Å². The smallest absolute Gasteiger partial charge is 0.372 e. The molecule has 0 aromatic heterocycles. The number of nitrogens with zero attached hydrogens (tertiary/aromatic N) is 1. The molecule has 0 N–H and O–H groups in total. The molecular weight excluding hydrogens is 255 g/mol. The molecule has 0 amide bonds. The Balaban J connectivity index is 2.74. The van der Waals surface area contributed by atoms with E-state index in [1.165, 1.54) is 6.07 Å². The van der Waals surface area contributed by atoms with Crippen LogP contribution in [0, 0.1) is 0 Å². The molecule has 6 heteroatoms. The molecule has 1 aromatic rings. The number of rotatable bonds is 0. The van der Waals surface area contributed by atoms with Crippen molar-refractivity contribution in [2.24, 2.45) is 0 Å². The zero-order chi connectivity index (χ0) is 12.8. The summed E-state index contributed by atoms with van der Waals surface area (Å²) in [6, 6.07) is 2.04. The molecule has 92 valence electrons. The molecule has 0 saturated carbocycles. The number of carbonyl (C=O) groups is 1. The van der Waals surface area contributed by atoms with Gasteiger partial charge in [-0.3, -0.25) is 4.79 Å². The van der Waals surface area contributed by atoms with Gasteiger partial charge in [0.1, 0.15) is 0 Å². The lowest BCUT2D eigenvalue weighted by molar-refractivity contribution is -0.137. The van der Waals surface area contributed by atoms with Crippen molar-refractivity contribution in [1.82, 2.24) is 0 Å². The van der Waals surface area contributed by atoms with Gasteiger partial charge in [-0.2, -0.15) is 13.2 Å². The van der Waals surface area contributed by atoms with Gasteiger partial charge in [0.15, 0.2) is 5.78 Å². The van der Waals surface area contributed by atoms with Crippen LogP contribution in [0.3, 0.4) is 0 Å². The van der Waals surface area contributed by atoms with Gasteiger partial charge in [-0.25, -0.2) is 0 Å². The lowest BCUT2D eigenvalue weighted by atomic mass is 9.95. The first-order valence-corrected chi connectivity index (χ1v) is 5.34. The number of hydrogen-bond acceptors (Lipinski definition) is 2. The number of alkyl halides is 3. The summed E-state index contributed by atoms with van der Waals surface area (Å²) in [5.41, 5.74) is -1.04. The number of carbonyl (C=O) groups excluding carboxylic acids is 1. The molecule has 2 rings (SSSR count). The third-order valence-electron chi connectivity index (χ3n) is 2.77. The molecular formula is C11H9ClF3NO. The van der Waals surface area contributed by atoms with Gasteiger partial charge in [0.25, 0.3) is 0 Å². The van der Waals surface area contributed by atoms with Crippen LogP contribution in [0.1, 0.15) is 22.3 Å². The Hall–Kier alpha value is -1.23. The maximum Gasteiger partial charge on any atom is 0.417 e. The topological polar surface area (TPSA) is 20.3 Å². The van der Waals surface area contributed by atoms with Gasteiger partial charge in [-0.15, -0.1) is 0 Å². The quantitative estimate of drug-likeness (QED) is 0.715. The molecule has 0 aliphatic carbocycles. The Bertz CT molecular complexity index is 484. The fourth-order valence-corrected chi connectivity index (χ4v) is 2.27. The Kier molecular flexibility index (Phi) is 2.81. The van der Waals surface area contributed by atoms with E-state index in [1.807, 2.05) is 0 Å². The normalized spacial score (nSPS) is 16.1. The van der Waals surface area contributed by atoms with Crippen LogP contribution in [0.25, 0.3) is 0 Å². The standard InChI is InChI=1S/C11H9ClF3NO/c1-16-5-4-8(17)9-6(11(13,14)15)2-3-7(12)10(9)16/h2-3H,4-5H2,1H3. The molecule has 0 atom stereocenters. The molecule has 1 aliphatic rings. The molecule has 2 nitrogen and oxygen atoms in total. The highest BCUT2D eigenvalue weighted by Crippen LogP contribution is 2.41. The van der Waals surface area contributed by atoms with Gasteiger partial charge in [-0.05, 0) is 12.1 Å². The predicted molar refractivity (Wildman–Crippen MR) is 58.7 cm³/mol. The molecule has 1 heterocycles. The van der Waals surface area contributed by atoms with Crippen LogP contribution in [0.4, 0.5) is 18.9 Å². The van der Waals surface area contributed by atoms with Crippen LogP contribution in [-0.2, 0) is 6.18 Å². The number of hydrogen-bond donors (Lipinski definition) is 0. The Morgan fingerprint density at radius 1 is 1.35 bits per heavy atom. The minimum absolute atomic E-state index is 0.0763. The van der Waals surface area contributed by atoms with E-state index in [-0.39, 0.29) is 22.7 Å². The lowest BCUT2D eigenvalue weighted by Crippen LogP contribution is -2.30. The second-order valence-electron chi connectivity index (χ2n) is 3.91. The van der Waals surface area contributed by atoms with E-state index in [2.05, 4.69) is 0 Å². The summed E-state index contributed by atoms with van der Waals surface area (Å²) in [7, 11) is 1.62. The first-order chi connectivity index (χ1) is 7.82. The molecule has 0 fully saturated rings. The average molecular weight is 264 g/mol. The van der Waals surface area contributed by atoms with Crippen molar-refractivity contribution >= 4 is 23.1 Å². The molecule has 0 bridgehead atoms. The zero-order valence-electron chi connectivity index (χ0n) is 8.94. The summed E-state index contributed by atoms with van der Waals surface area (Å²) in [5, 5.41) is 0.170. The number of fused-ring (bicyclic) bond motifs is 1. The van der Waals surface area contributed by atoms with Gasteiger partial charge in [0.05, 0.1) is 21.8 Å². The summed E-state index contributed by atoms with van der Waals surface area (Å²) in [5.74, 6) is -0.507. The van der Waals surface area contributed by atoms with Crippen molar-refractivity contribution in [3.63, 3.8) is 0 Å². The van der Waals surface area contributed by atoms with Crippen molar-refractivity contribution in [1.29, 1.82) is 0 Å². The second kappa shape index (κ2) is 3.91. The van der Waals surface area contributed by atoms with Gasteiger partial charge >= 0.3 is 6.18 Å². The van der Waals surface area contributed by atoms with E-state index in [4.69, 9.17) is 11.6 Å². The monoisotopic (exact) mass is 263 g/mol. The SMILES string of the molecule is CN1CCC(=O)c2c(C(F)(F)F)ccc(Cl)c21. The highest BCUT2D eigenvalue weighted by Gasteiger charge is 2.39. The number of Topliss-reactive ketones (excluding diaryl/α,β-unsaturated/α-hetero) is 1. The Morgan fingerprint density at radius 2 is 2.00 bits per heavy atom. The van der Waals surface area contributed by atoms with Crippen molar-refractivity contribution in [2.75, 3.05) is 18.5 Å². The van der Waals surface area contributed by atoms with Crippen LogP contribution < -0.4 is 4.90 Å². The number of benzene rings is 1. The largest absolute Gasteiger partial charge is 0.417 e. The number of halogens is 4. The van der Waals surface area contributed by atoms with E-state index in [1.54, 1.807) is 11.9 Å². The molecule has 1 aromatic carbocycles. The highest BCUT2D eigenvalue weighted by atomic mass is 35.5. The van der Waals surface area contributed by atoms with Gasteiger partial charge in [-0.1, -0.05) is 11.6 Å². The first kappa shape index (κ1) is 12.2. The molecule has 1 aliphatic heterocycles. The molecule has 0 saturated heterocycles. The third kappa shape index (κ3) is 1.99. The molecule has 0 spiro atoms. The molecule has 0 radical (unpaired) electrons. The summed E-state index contributed by atoms with van der Waals surface area (Å²) in [4.78, 5) is 13.2. The van der Waals surface area contributed by atoms with Crippen LogP contribution >= 0.6 is 11.6 Å². The fraction of sp³-hybridized carbons (Fsp3) is 0.364. The van der Waals surface area contributed by atoms with Gasteiger partial charge in [0.2, 0.25) is 0 Å². The van der Waals surface area contributed by atoms with E-state index in [0.29, 0.717) is 6.54 Å². The second-order valence-corrected chi connectivity index (χ2v) is 4.32. The zero-order valence-corrected chi connectivity index (χ0v) is 9.69. The summed E-state index contributed by atoms with van der Waals surface area (Å²) < 4.78 is 38.4. The summed E-state index contributed by atoms with van der Waals surface area (Å²) in [6.45, 7) is 0.382. The van der Waals surface area contributed by atoms with Crippen molar-refractivity contribution in [3.8, 4) is 0 Å². The minimum atomic E-state index is -4.54. The van der Waals surface area contributed by atoms with Crippen molar-refractivity contribution in [3.05, 3.63) is 28.3 Å². The van der Waals surface area contributed by atoms with Gasteiger partial charge < -0.3 is 4.90 Å². The van der Waals surface area contributed by atoms with E-state index in [9.17, 15) is 18.0 Å². The van der Waals surface area contributed by atoms with Crippen molar-refractivity contribution < 1.29 is 18.0 Å². The van der Waals surface area contributed by atoms with E-state index in [0.717, 1.165) is 6.07 Å². The van der Waals surface area contributed by atoms with Crippen LogP contribution in [0.2, 0.25) is 5.02 Å². The summed E-state index contributed by atoms with van der Waals surface area (Å²) >= 11 is 5.86. The summed E-state index contributed by atoms with van der Waals surface area (Å²) in [6.07, 6.45) is -4.46. The Labute approximate surface area is 101 Å². The average Bonchev–Trinajstić information content (AvgIpc) is 2.22. The third-order valence-corrected chi connectivity index (χ3v) is 3.07. The van der Waals surface area contributed by atoms with E-state index < -0.39 is 17.5 Å². The molecule has 17 heavy (non-hydrogen) atoms. The van der Waals surface area contributed by atoms with Crippen LogP contribution in [0.15, 0.2) is 12.1 Å². The number of anilines is 1. The van der Waals surface area contributed by atoms with Crippen LogP contribution in [-0.4, -0.2) is 19.4 Å².